The molecular formula is C9H20N2O. The van der Waals surface area contributed by atoms with E-state index >= 15 is 0 Å². The van der Waals surface area contributed by atoms with Crippen molar-refractivity contribution in [1.82, 2.24) is 4.90 Å². The van der Waals surface area contributed by atoms with Gasteiger partial charge >= 0.3 is 0 Å². The van der Waals surface area contributed by atoms with Crippen LogP contribution in [-0.2, 0) is 0 Å². The molecule has 3 nitrogen and oxygen atoms in total. The van der Waals surface area contributed by atoms with Crippen LogP contribution in [0.2, 0.25) is 0 Å². The maximum absolute atomic E-state index is 9.51. The molecule has 0 saturated carbocycles. The van der Waals surface area contributed by atoms with Crippen LogP contribution in [0.3, 0.4) is 0 Å². The van der Waals surface area contributed by atoms with Gasteiger partial charge in [0.05, 0.1) is 6.10 Å². The Morgan fingerprint density at radius 2 is 2.25 bits per heavy atom. The van der Waals surface area contributed by atoms with Gasteiger partial charge in [-0.1, -0.05) is 6.92 Å². The summed E-state index contributed by atoms with van der Waals surface area (Å²) in [5, 5.41) is 9.51. The Hall–Kier alpha value is -0.120. The lowest BCUT2D eigenvalue weighted by molar-refractivity contribution is 0.0276. The average molecular weight is 172 g/mol. The molecule has 1 saturated heterocycles. The smallest absolute Gasteiger partial charge is 0.0670 e. The van der Waals surface area contributed by atoms with E-state index in [0.29, 0.717) is 18.5 Å². The molecule has 0 aliphatic carbocycles. The fourth-order valence-electron chi connectivity index (χ4n) is 1.87. The molecule has 3 atom stereocenters. The van der Waals surface area contributed by atoms with Gasteiger partial charge in [0.2, 0.25) is 0 Å². The Morgan fingerprint density at radius 3 is 2.75 bits per heavy atom. The first-order chi connectivity index (χ1) is 5.63. The zero-order valence-corrected chi connectivity index (χ0v) is 8.03. The number of nitrogens with zero attached hydrogens (tertiary/aromatic N) is 1. The average Bonchev–Trinajstić information content (AvgIpc) is 2.01. The fourth-order valence-corrected chi connectivity index (χ4v) is 1.87. The largest absolute Gasteiger partial charge is 0.392 e. The maximum atomic E-state index is 9.51. The lowest BCUT2D eigenvalue weighted by Gasteiger charge is -2.37. The molecule has 1 rings (SSSR count). The number of β-amino-alcohol motifs (C(OH)–C–C–N with tert-alkyl or cyclic N) is 1. The second kappa shape index (κ2) is 4.21. The summed E-state index contributed by atoms with van der Waals surface area (Å²) in [6, 6.07) is 0.405. The van der Waals surface area contributed by atoms with Crippen molar-refractivity contribution in [3.05, 3.63) is 0 Å². The molecule has 0 spiro atoms. The number of aliphatic hydroxyl groups excluding tert-OH is 1. The Balaban J connectivity index is 2.43. The van der Waals surface area contributed by atoms with Crippen molar-refractivity contribution < 1.29 is 5.11 Å². The van der Waals surface area contributed by atoms with Crippen LogP contribution in [0, 0.1) is 5.92 Å². The summed E-state index contributed by atoms with van der Waals surface area (Å²) < 4.78 is 0. The van der Waals surface area contributed by atoms with Crippen LogP contribution in [0.1, 0.15) is 20.3 Å². The van der Waals surface area contributed by atoms with Crippen molar-refractivity contribution in [2.45, 2.75) is 32.4 Å². The molecule has 0 aromatic carbocycles. The Bertz CT molecular complexity index is 130. The number of piperidine rings is 1. The van der Waals surface area contributed by atoms with Crippen LogP contribution in [0.25, 0.3) is 0 Å². The van der Waals surface area contributed by atoms with Crippen molar-refractivity contribution in [1.29, 1.82) is 0 Å². The molecule has 3 heteroatoms. The van der Waals surface area contributed by atoms with Crippen LogP contribution in [0.5, 0.6) is 0 Å². The van der Waals surface area contributed by atoms with E-state index in [4.69, 9.17) is 5.73 Å². The molecule has 0 bridgehead atoms. The highest BCUT2D eigenvalue weighted by atomic mass is 16.3. The molecule has 1 aliphatic heterocycles. The third-order valence-corrected chi connectivity index (χ3v) is 2.63. The van der Waals surface area contributed by atoms with Gasteiger partial charge in [-0.25, -0.2) is 0 Å². The molecule has 72 valence electrons. The zero-order valence-electron chi connectivity index (χ0n) is 8.03. The lowest BCUT2D eigenvalue weighted by atomic mass is 9.97. The number of rotatable bonds is 2. The van der Waals surface area contributed by atoms with Crippen molar-refractivity contribution in [2.75, 3.05) is 19.6 Å². The molecule has 1 aliphatic rings. The Kier molecular flexibility index (Phi) is 3.50. The molecule has 1 heterocycles. The minimum absolute atomic E-state index is 0.150. The molecule has 3 N–H and O–H groups in total. The summed E-state index contributed by atoms with van der Waals surface area (Å²) >= 11 is 0. The van der Waals surface area contributed by atoms with Crippen LogP contribution >= 0.6 is 0 Å². The molecule has 0 radical (unpaired) electrons. The summed E-state index contributed by atoms with van der Waals surface area (Å²) in [7, 11) is 0. The molecule has 12 heavy (non-hydrogen) atoms. The SMILES string of the molecule is CC1CC(O)CN(C(C)CN)C1. The van der Waals surface area contributed by atoms with Gasteiger partial charge in [-0.15, -0.1) is 0 Å². The van der Waals surface area contributed by atoms with Gasteiger partial charge in [0.1, 0.15) is 0 Å². The van der Waals surface area contributed by atoms with Crippen molar-refractivity contribution in [3.63, 3.8) is 0 Å². The minimum atomic E-state index is -0.150. The van der Waals surface area contributed by atoms with Gasteiger partial charge < -0.3 is 10.8 Å². The Morgan fingerprint density at radius 1 is 1.58 bits per heavy atom. The van der Waals surface area contributed by atoms with Crippen molar-refractivity contribution >= 4 is 0 Å². The number of likely N-dealkylation sites (tertiary alicyclic amines) is 1. The summed E-state index contributed by atoms with van der Waals surface area (Å²) in [6.07, 6.45) is 0.788. The summed E-state index contributed by atoms with van der Waals surface area (Å²) in [5.41, 5.74) is 5.57. The van der Waals surface area contributed by atoms with Gasteiger partial charge in [0.15, 0.2) is 0 Å². The predicted molar refractivity (Wildman–Crippen MR) is 49.9 cm³/mol. The Labute approximate surface area is 74.5 Å². The van der Waals surface area contributed by atoms with Gasteiger partial charge in [-0.3, -0.25) is 4.90 Å². The summed E-state index contributed by atoms with van der Waals surface area (Å²) in [6.45, 7) is 6.85. The third-order valence-electron chi connectivity index (χ3n) is 2.63. The normalized spacial score (nSPS) is 35.0. The quantitative estimate of drug-likeness (QED) is 0.618. The number of hydrogen-bond donors (Lipinski definition) is 2. The molecule has 0 amide bonds. The van der Waals surface area contributed by atoms with Gasteiger partial charge in [-0.2, -0.15) is 0 Å². The van der Waals surface area contributed by atoms with Gasteiger partial charge in [0.25, 0.3) is 0 Å². The summed E-state index contributed by atoms with van der Waals surface area (Å²) in [5.74, 6) is 0.600. The monoisotopic (exact) mass is 172 g/mol. The van der Waals surface area contributed by atoms with Crippen LogP contribution in [-0.4, -0.2) is 41.8 Å². The fraction of sp³-hybridized carbons (Fsp3) is 1.00. The number of hydrogen-bond acceptors (Lipinski definition) is 3. The number of aliphatic hydroxyl groups is 1. The van der Waals surface area contributed by atoms with Gasteiger partial charge in [-0.05, 0) is 19.3 Å². The van der Waals surface area contributed by atoms with E-state index in [1.165, 1.54) is 0 Å². The first kappa shape index (κ1) is 9.96. The second-order valence-corrected chi connectivity index (χ2v) is 4.03. The van der Waals surface area contributed by atoms with Crippen LogP contribution < -0.4 is 5.73 Å². The first-order valence-electron chi connectivity index (χ1n) is 4.75. The highest BCUT2D eigenvalue weighted by Gasteiger charge is 2.25. The predicted octanol–water partition coefficient (Wildman–Crippen LogP) is 0.0363. The zero-order chi connectivity index (χ0) is 9.14. The van der Waals surface area contributed by atoms with E-state index in [1.54, 1.807) is 0 Å². The molecule has 1 fully saturated rings. The van der Waals surface area contributed by atoms with Crippen molar-refractivity contribution in [3.8, 4) is 0 Å². The van der Waals surface area contributed by atoms with E-state index < -0.39 is 0 Å². The standard InChI is InChI=1S/C9H20N2O/c1-7-3-9(12)6-11(5-7)8(2)4-10/h7-9,12H,3-6,10H2,1-2H3. The second-order valence-electron chi connectivity index (χ2n) is 4.03. The number of nitrogens with two attached hydrogens (primary N) is 1. The summed E-state index contributed by atoms with van der Waals surface area (Å²) in [4.78, 5) is 2.28. The third kappa shape index (κ3) is 2.44. The maximum Gasteiger partial charge on any atom is 0.0670 e. The highest BCUT2D eigenvalue weighted by Crippen LogP contribution is 2.17. The van der Waals surface area contributed by atoms with Crippen LogP contribution in [0.15, 0.2) is 0 Å². The van der Waals surface area contributed by atoms with E-state index in [2.05, 4.69) is 18.7 Å². The molecule has 0 aromatic rings. The molecular weight excluding hydrogens is 152 g/mol. The van der Waals surface area contributed by atoms with Gasteiger partial charge in [0, 0.05) is 25.7 Å². The van der Waals surface area contributed by atoms with E-state index in [0.717, 1.165) is 19.5 Å². The highest BCUT2D eigenvalue weighted by molar-refractivity contribution is 4.80. The lowest BCUT2D eigenvalue weighted by Crippen LogP contribution is -2.49. The van der Waals surface area contributed by atoms with Crippen LogP contribution in [0.4, 0.5) is 0 Å². The van der Waals surface area contributed by atoms with Crippen molar-refractivity contribution in [2.24, 2.45) is 11.7 Å². The van der Waals surface area contributed by atoms with E-state index in [9.17, 15) is 5.11 Å². The van der Waals surface area contributed by atoms with E-state index in [-0.39, 0.29) is 6.10 Å². The molecule has 0 aromatic heterocycles. The topological polar surface area (TPSA) is 49.5 Å². The first-order valence-corrected chi connectivity index (χ1v) is 4.75. The minimum Gasteiger partial charge on any atom is -0.392 e. The van der Waals surface area contributed by atoms with E-state index in [1.807, 2.05) is 0 Å². The molecule has 3 unspecified atom stereocenters.